The number of hydrogen-bond acceptors (Lipinski definition) is 2. The summed E-state index contributed by atoms with van der Waals surface area (Å²) in [5.74, 6) is 1.78. The molecule has 0 N–H and O–H groups in total. The van der Waals surface area contributed by atoms with E-state index in [0.29, 0.717) is 0 Å². The second-order valence-electron chi connectivity index (χ2n) is 4.48. The topological polar surface area (TPSA) is 25.1 Å². The van der Waals surface area contributed by atoms with Gasteiger partial charge < -0.3 is 0 Å². The first-order chi connectivity index (χ1) is 6.95. The van der Waals surface area contributed by atoms with Crippen molar-refractivity contribution in [1.82, 2.24) is 0 Å². The van der Waals surface area contributed by atoms with Gasteiger partial charge in [0, 0.05) is 6.08 Å². The third-order valence-corrected chi connectivity index (χ3v) is 3.28. The molecule has 1 heterocycles. The highest BCUT2D eigenvalue weighted by molar-refractivity contribution is 4.87. The average molecular weight is 196 g/mol. The fraction of sp³-hybridized carbons (Fsp3) is 0.833. The maximum absolute atomic E-state index is 4.56. The Bertz CT molecular complexity index is 186. The van der Waals surface area contributed by atoms with Gasteiger partial charge in [0.05, 0.1) is 0 Å². The molecule has 2 nitrogen and oxygen atoms in total. The monoisotopic (exact) mass is 196 g/mol. The van der Waals surface area contributed by atoms with Crippen LogP contribution >= 0.6 is 0 Å². The van der Waals surface area contributed by atoms with Gasteiger partial charge in [-0.25, -0.2) is 9.78 Å². The lowest BCUT2D eigenvalue weighted by atomic mass is 9.99. The number of hydrogen-bond donors (Lipinski definition) is 0. The van der Waals surface area contributed by atoms with E-state index in [9.17, 15) is 0 Å². The zero-order valence-electron chi connectivity index (χ0n) is 8.84. The quantitative estimate of drug-likeness (QED) is 0.365. The minimum atomic E-state index is 0.723. The lowest BCUT2D eigenvalue weighted by Gasteiger charge is -2.06. The third kappa shape index (κ3) is 3.60. The molecule has 1 aliphatic heterocycles. The number of allylic oxidation sites excluding steroid dienone is 1. The normalized spacial score (nSPS) is 20.4. The van der Waals surface area contributed by atoms with Crippen LogP contribution in [0.2, 0.25) is 0 Å². The molecule has 2 heteroatoms. The van der Waals surface area contributed by atoms with Gasteiger partial charge in [0.25, 0.3) is 0 Å². The molecule has 0 radical (unpaired) electrons. The number of rotatable bonds is 6. The van der Waals surface area contributed by atoms with Gasteiger partial charge in [0.2, 0.25) is 0 Å². The molecule has 2 fully saturated rings. The van der Waals surface area contributed by atoms with Crippen molar-refractivity contribution < 1.29 is 9.78 Å². The highest BCUT2D eigenvalue weighted by Crippen LogP contribution is 2.29. The molecule has 14 heavy (non-hydrogen) atoms. The van der Waals surface area contributed by atoms with Crippen LogP contribution in [0.1, 0.15) is 57.8 Å². The molecule has 2 rings (SSSR count). The van der Waals surface area contributed by atoms with Gasteiger partial charge in [-0.2, -0.15) is 0 Å². The largest absolute Gasteiger partial charge is 0.375 e. The summed E-state index contributed by atoms with van der Waals surface area (Å²) in [6, 6.07) is 0. The summed E-state index contributed by atoms with van der Waals surface area (Å²) >= 11 is 0. The molecular weight excluding hydrogens is 176 g/mol. The highest BCUT2D eigenvalue weighted by atomic mass is 17.4. The first-order valence-electron chi connectivity index (χ1n) is 6.00. The Morgan fingerprint density at radius 1 is 1.07 bits per heavy atom. The highest BCUT2D eigenvalue weighted by Gasteiger charge is 2.16. The first-order valence-corrected chi connectivity index (χ1v) is 6.00. The van der Waals surface area contributed by atoms with E-state index in [1.807, 2.05) is 6.08 Å². The Morgan fingerprint density at radius 3 is 2.57 bits per heavy atom. The second kappa shape index (κ2) is 5.28. The average Bonchev–Trinajstić information content (AvgIpc) is 2.87. The second-order valence-corrected chi connectivity index (χ2v) is 4.48. The van der Waals surface area contributed by atoms with Crippen LogP contribution < -0.4 is 0 Å². The Hall–Kier alpha value is -0.660. The Kier molecular flexibility index (Phi) is 3.72. The molecule has 1 aliphatic carbocycles. The van der Waals surface area contributed by atoms with Crippen molar-refractivity contribution in [3.05, 3.63) is 12.0 Å². The van der Waals surface area contributed by atoms with Crippen molar-refractivity contribution in [2.45, 2.75) is 57.8 Å². The molecule has 0 atom stereocenters. The van der Waals surface area contributed by atoms with Gasteiger partial charge in [-0.05, 0) is 18.8 Å². The van der Waals surface area contributed by atoms with Gasteiger partial charge >= 0.3 is 5.95 Å². The fourth-order valence-electron chi connectivity index (χ4n) is 2.37. The molecule has 0 aromatic heterocycles. The lowest BCUT2D eigenvalue weighted by Crippen LogP contribution is -1.92. The van der Waals surface area contributed by atoms with Gasteiger partial charge in [-0.1, -0.05) is 44.9 Å². The smallest absolute Gasteiger partial charge is 0.243 e. The maximum atomic E-state index is 4.56. The molecule has 0 unspecified atom stereocenters. The van der Waals surface area contributed by atoms with E-state index in [-0.39, 0.29) is 0 Å². The molecule has 0 spiro atoms. The molecule has 1 saturated carbocycles. The van der Waals surface area contributed by atoms with Crippen LogP contribution in [0.4, 0.5) is 0 Å². The zero-order valence-corrected chi connectivity index (χ0v) is 8.84. The zero-order chi connectivity index (χ0) is 9.64. The molecule has 0 amide bonds. The SMILES string of the molecule is C(CCCCCC1CCCC1)=C1OO1. The minimum absolute atomic E-state index is 0.723. The summed E-state index contributed by atoms with van der Waals surface area (Å²) in [4.78, 5) is 9.11. The molecule has 0 aromatic rings. The molecule has 80 valence electrons. The van der Waals surface area contributed by atoms with Crippen LogP contribution in [0.25, 0.3) is 0 Å². The molecular formula is C12H20O2. The predicted molar refractivity (Wildman–Crippen MR) is 55.3 cm³/mol. The lowest BCUT2D eigenvalue weighted by molar-refractivity contribution is 0.0850. The van der Waals surface area contributed by atoms with Crippen LogP contribution in [-0.4, -0.2) is 0 Å². The fourth-order valence-corrected chi connectivity index (χ4v) is 2.37. The van der Waals surface area contributed by atoms with Gasteiger partial charge in [0.15, 0.2) is 0 Å². The Morgan fingerprint density at radius 2 is 1.86 bits per heavy atom. The summed E-state index contributed by atoms with van der Waals surface area (Å²) in [5.41, 5.74) is 0. The Balaban J connectivity index is 1.40. The van der Waals surface area contributed by atoms with Gasteiger partial charge in [-0.3, -0.25) is 0 Å². The van der Waals surface area contributed by atoms with E-state index >= 15 is 0 Å². The van der Waals surface area contributed by atoms with E-state index in [1.165, 1.54) is 51.4 Å². The van der Waals surface area contributed by atoms with E-state index in [2.05, 4.69) is 9.78 Å². The molecule has 1 saturated heterocycles. The maximum Gasteiger partial charge on any atom is 0.375 e. The van der Waals surface area contributed by atoms with Crippen LogP contribution in [0, 0.1) is 5.92 Å². The van der Waals surface area contributed by atoms with Crippen molar-refractivity contribution in [3.63, 3.8) is 0 Å². The standard InChI is InChI=1S/C12H20O2/c1(2-4-10-12-13-14-12)3-7-11-8-5-6-9-11/h10-11H,1-9H2. The van der Waals surface area contributed by atoms with Crippen LogP contribution in [-0.2, 0) is 9.78 Å². The first kappa shape index (κ1) is 9.88. The van der Waals surface area contributed by atoms with E-state index in [1.54, 1.807) is 0 Å². The van der Waals surface area contributed by atoms with Crippen molar-refractivity contribution in [2.75, 3.05) is 0 Å². The van der Waals surface area contributed by atoms with Gasteiger partial charge in [0.1, 0.15) is 0 Å². The van der Waals surface area contributed by atoms with Crippen molar-refractivity contribution >= 4 is 0 Å². The van der Waals surface area contributed by atoms with Crippen LogP contribution in [0.3, 0.4) is 0 Å². The van der Waals surface area contributed by atoms with Crippen molar-refractivity contribution in [1.29, 1.82) is 0 Å². The molecule has 0 aromatic carbocycles. The molecule has 0 bridgehead atoms. The summed E-state index contributed by atoms with van der Waals surface area (Å²) in [6.45, 7) is 0. The van der Waals surface area contributed by atoms with Crippen LogP contribution in [0.5, 0.6) is 0 Å². The van der Waals surface area contributed by atoms with E-state index < -0.39 is 0 Å². The third-order valence-electron chi connectivity index (χ3n) is 3.28. The van der Waals surface area contributed by atoms with Gasteiger partial charge in [-0.15, -0.1) is 0 Å². The van der Waals surface area contributed by atoms with Crippen molar-refractivity contribution in [2.24, 2.45) is 5.92 Å². The molecule has 2 aliphatic rings. The minimum Gasteiger partial charge on any atom is -0.243 e. The van der Waals surface area contributed by atoms with E-state index in [4.69, 9.17) is 0 Å². The summed E-state index contributed by atoms with van der Waals surface area (Å²) in [5, 5.41) is 0. The van der Waals surface area contributed by atoms with Crippen molar-refractivity contribution in [3.8, 4) is 0 Å². The summed E-state index contributed by atoms with van der Waals surface area (Å²) in [7, 11) is 0. The Labute approximate surface area is 86.2 Å². The van der Waals surface area contributed by atoms with E-state index in [0.717, 1.165) is 18.3 Å². The summed E-state index contributed by atoms with van der Waals surface area (Å²) < 4.78 is 0. The number of unbranched alkanes of at least 4 members (excludes halogenated alkanes) is 3. The summed E-state index contributed by atoms with van der Waals surface area (Å²) in [6.07, 6.45) is 14.6. The predicted octanol–water partition coefficient (Wildman–Crippen LogP) is 3.93. The van der Waals surface area contributed by atoms with Crippen LogP contribution in [0.15, 0.2) is 12.0 Å².